The number of hydrogen-bond donors (Lipinski definition) is 2. The van der Waals surface area contributed by atoms with Gasteiger partial charge in [-0.25, -0.2) is 4.57 Å². The second-order valence-electron chi connectivity index (χ2n) is 10.4. The molecule has 0 aromatic carbocycles. The van der Waals surface area contributed by atoms with Crippen molar-refractivity contribution in [1.82, 2.24) is 0 Å². The van der Waals surface area contributed by atoms with Gasteiger partial charge < -0.3 is 19.3 Å². The molecule has 0 fully saturated rings. The lowest BCUT2D eigenvalue weighted by Gasteiger charge is -2.18. The van der Waals surface area contributed by atoms with Gasteiger partial charge in [0.1, 0.15) is 6.61 Å². The van der Waals surface area contributed by atoms with Crippen LogP contribution in [0, 0.1) is 0 Å². The first kappa shape index (κ1) is 39.1. The minimum atomic E-state index is -4.74. The monoisotopic (exact) mass is 610 g/mol. The summed E-state index contributed by atoms with van der Waals surface area (Å²) in [6.07, 6.45) is 19.0. The third kappa shape index (κ3) is 30.0. The average Bonchev–Trinajstić information content (AvgIpc) is 2.89. The van der Waals surface area contributed by atoms with Crippen molar-refractivity contribution in [2.24, 2.45) is 0 Å². The van der Waals surface area contributed by atoms with Crippen molar-refractivity contribution in [2.45, 2.75) is 148 Å². The highest BCUT2D eigenvalue weighted by Crippen LogP contribution is 2.35. The predicted molar refractivity (Wildman–Crippen MR) is 160 cm³/mol. The summed E-state index contributed by atoms with van der Waals surface area (Å²) in [7, 11) is -4.74. The Morgan fingerprint density at radius 2 is 1.12 bits per heavy atom. The van der Waals surface area contributed by atoms with Gasteiger partial charge in [0.05, 0.1) is 6.61 Å². The van der Waals surface area contributed by atoms with Gasteiger partial charge in [-0.3, -0.25) is 18.9 Å². The van der Waals surface area contributed by atoms with Crippen LogP contribution in [0.5, 0.6) is 0 Å². The van der Waals surface area contributed by atoms with Crippen molar-refractivity contribution >= 4 is 36.6 Å². The van der Waals surface area contributed by atoms with E-state index in [9.17, 15) is 18.9 Å². The van der Waals surface area contributed by atoms with E-state index in [1.165, 1.54) is 56.7 Å². The number of ether oxygens (including phenoxy) is 2. The molecular formula is C29H55O9PS. The number of carbonyl (C=O) groups excluding carboxylic acids is 3. The van der Waals surface area contributed by atoms with E-state index in [-0.39, 0.29) is 24.6 Å². The second kappa shape index (κ2) is 26.9. The molecule has 0 aliphatic carbocycles. The van der Waals surface area contributed by atoms with Crippen LogP contribution in [0.15, 0.2) is 0 Å². The van der Waals surface area contributed by atoms with Crippen LogP contribution in [0.1, 0.15) is 142 Å². The average molecular weight is 611 g/mol. The fourth-order valence-electron chi connectivity index (χ4n) is 4.20. The van der Waals surface area contributed by atoms with Gasteiger partial charge in [-0.2, -0.15) is 0 Å². The molecular weight excluding hydrogens is 555 g/mol. The van der Waals surface area contributed by atoms with Crippen molar-refractivity contribution < 1.29 is 42.7 Å². The molecule has 0 radical (unpaired) electrons. The number of thioether (sulfide) groups is 1. The van der Waals surface area contributed by atoms with Gasteiger partial charge in [0, 0.05) is 25.5 Å². The van der Waals surface area contributed by atoms with Crippen LogP contribution in [0.4, 0.5) is 0 Å². The zero-order valence-electron chi connectivity index (χ0n) is 24.9. The molecule has 0 spiro atoms. The molecule has 9 nitrogen and oxygen atoms in total. The number of hydrogen-bond acceptors (Lipinski definition) is 8. The lowest BCUT2D eigenvalue weighted by Crippen LogP contribution is -2.29. The quantitative estimate of drug-likeness (QED) is 0.0516. The first-order valence-electron chi connectivity index (χ1n) is 15.3. The van der Waals surface area contributed by atoms with Gasteiger partial charge in [-0.1, -0.05) is 115 Å². The van der Waals surface area contributed by atoms with Crippen LogP contribution < -0.4 is 0 Å². The molecule has 0 heterocycles. The molecule has 40 heavy (non-hydrogen) atoms. The Labute approximate surface area is 246 Å². The van der Waals surface area contributed by atoms with Crippen LogP contribution in [0.25, 0.3) is 0 Å². The van der Waals surface area contributed by atoms with E-state index in [0.29, 0.717) is 12.8 Å². The first-order chi connectivity index (χ1) is 19.1. The van der Waals surface area contributed by atoms with E-state index in [2.05, 4.69) is 11.4 Å². The molecule has 0 aromatic heterocycles. The third-order valence-corrected chi connectivity index (χ3v) is 7.86. The maximum absolute atomic E-state index is 12.2. The van der Waals surface area contributed by atoms with Crippen LogP contribution in [0.3, 0.4) is 0 Å². The molecule has 0 aromatic rings. The molecule has 2 N–H and O–H groups in total. The summed E-state index contributed by atoms with van der Waals surface area (Å²) in [5.74, 6) is -0.0159. The number of rotatable bonds is 28. The Morgan fingerprint density at radius 1 is 0.675 bits per heavy atom. The summed E-state index contributed by atoms with van der Waals surface area (Å²) in [4.78, 5) is 53.2. The van der Waals surface area contributed by atoms with Crippen LogP contribution in [0.2, 0.25) is 0 Å². The molecule has 0 unspecified atom stereocenters. The molecule has 0 bridgehead atoms. The smallest absolute Gasteiger partial charge is 0.462 e. The summed E-state index contributed by atoms with van der Waals surface area (Å²) in [6.45, 7) is 2.95. The van der Waals surface area contributed by atoms with Gasteiger partial charge in [-0.05, 0) is 19.3 Å². The second-order valence-corrected chi connectivity index (χ2v) is 12.9. The Balaban J connectivity index is 4.00. The molecule has 1 atom stereocenters. The number of esters is 2. The summed E-state index contributed by atoms with van der Waals surface area (Å²) in [6, 6.07) is 0. The molecule has 11 heteroatoms. The predicted octanol–water partition coefficient (Wildman–Crippen LogP) is 7.65. The minimum Gasteiger partial charge on any atom is -0.462 e. The van der Waals surface area contributed by atoms with Crippen molar-refractivity contribution in [1.29, 1.82) is 0 Å². The zero-order valence-corrected chi connectivity index (χ0v) is 26.7. The largest absolute Gasteiger partial charge is 0.469 e. The molecule has 0 rings (SSSR count). The molecule has 236 valence electrons. The van der Waals surface area contributed by atoms with E-state index >= 15 is 0 Å². The normalized spacial score (nSPS) is 12.3. The molecule has 0 saturated heterocycles. The molecule has 0 amide bonds. The van der Waals surface area contributed by atoms with Crippen molar-refractivity contribution in [2.75, 3.05) is 19.0 Å². The summed E-state index contributed by atoms with van der Waals surface area (Å²) in [5, 5.41) is 0.181. The topological polar surface area (TPSA) is 136 Å². The van der Waals surface area contributed by atoms with Crippen LogP contribution >= 0.6 is 19.6 Å². The van der Waals surface area contributed by atoms with Gasteiger partial charge in [-0.15, -0.1) is 0 Å². The number of phosphoric ester groups is 1. The van der Waals surface area contributed by atoms with E-state index in [1.54, 1.807) is 6.92 Å². The third-order valence-electron chi connectivity index (χ3n) is 6.47. The summed E-state index contributed by atoms with van der Waals surface area (Å²) >= 11 is 1.39. The molecule has 0 aliphatic heterocycles. The lowest BCUT2D eigenvalue weighted by atomic mass is 10.1. The minimum absolute atomic E-state index is 0.181. The van der Waals surface area contributed by atoms with Gasteiger partial charge in [0.25, 0.3) is 0 Å². The summed E-state index contributed by atoms with van der Waals surface area (Å²) in [5.41, 5.74) is 0. The standard InChI is InChI=1S/C29H55O9PS/c1-3-4-5-6-7-9-13-16-19-22-29(32)38-27(25-37-39(33,34)35)24-36-28(31)21-18-15-12-10-8-11-14-17-20-23-40-26(2)30/h27H,3-25H2,1-2H3,(H2,33,34,35)/t27-/m0/s1. The maximum atomic E-state index is 12.2. The summed E-state index contributed by atoms with van der Waals surface area (Å²) < 4.78 is 26.1. The highest BCUT2D eigenvalue weighted by Gasteiger charge is 2.22. The molecule has 0 saturated carbocycles. The van der Waals surface area contributed by atoms with Crippen molar-refractivity contribution in [3.8, 4) is 0 Å². The highest BCUT2D eigenvalue weighted by atomic mass is 32.2. The Kier molecular flexibility index (Phi) is 26.3. The Bertz CT molecular complexity index is 699. The molecule has 0 aliphatic rings. The van der Waals surface area contributed by atoms with E-state index < -0.39 is 32.5 Å². The van der Waals surface area contributed by atoms with Gasteiger partial charge in [0.15, 0.2) is 11.2 Å². The Hall–Kier alpha value is -0.930. The fraction of sp³-hybridized carbons (Fsp3) is 0.897. The van der Waals surface area contributed by atoms with Crippen molar-refractivity contribution in [3.63, 3.8) is 0 Å². The van der Waals surface area contributed by atoms with E-state index in [4.69, 9.17) is 19.3 Å². The van der Waals surface area contributed by atoms with E-state index in [0.717, 1.165) is 63.5 Å². The van der Waals surface area contributed by atoms with Gasteiger partial charge >= 0.3 is 19.8 Å². The number of unbranched alkanes of at least 4 members (excludes halogenated alkanes) is 16. The number of phosphoric acid groups is 1. The van der Waals surface area contributed by atoms with Crippen LogP contribution in [-0.2, 0) is 32.9 Å². The first-order valence-corrected chi connectivity index (χ1v) is 17.8. The van der Waals surface area contributed by atoms with Crippen LogP contribution in [-0.4, -0.2) is 51.9 Å². The lowest BCUT2D eigenvalue weighted by molar-refractivity contribution is -0.161. The SMILES string of the molecule is CCCCCCCCCCCC(=O)O[C@@H](COC(=O)CCCCCCCCCCCSC(C)=O)COP(=O)(O)O. The van der Waals surface area contributed by atoms with E-state index in [1.807, 2.05) is 0 Å². The zero-order chi connectivity index (χ0) is 29.9. The fourth-order valence-corrected chi connectivity index (χ4v) is 5.20. The van der Waals surface area contributed by atoms with Gasteiger partial charge in [0.2, 0.25) is 0 Å². The number of carbonyl (C=O) groups is 3. The highest BCUT2D eigenvalue weighted by molar-refractivity contribution is 8.13. The Morgan fingerprint density at radius 3 is 1.60 bits per heavy atom. The van der Waals surface area contributed by atoms with Crippen molar-refractivity contribution in [3.05, 3.63) is 0 Å². The maximum Gasteiger partial charge on any atom is 0.469 e.